The first kappa shape index (κ1) is 48.7. The van der Waals surface area contributed by atoms with Gasteiger partial charge in [-0.15, -0.1) is 0 Å². The minimum atomic E-state index is -2.17. The van der Waals surface area contributed by atoms with Gasteiger partial charge in [-0.25, -0.2) is 4.79 Å². The van der Waals surface area contributed by atoms with Crippen molar-refractivity contribution in [2.24, 2.45) is 5.92 Å². The van der Waals surface area contributed by atoms with Gasteiger partial charge in [0.15, 0.2) is 25.0 Å². The predicted octanol–water partition coefficient (Wildman–Crippen LogP) is 12.2. The van der Waals surface area contributed by atoms with Crippen LogP contribution in [0.2, 0.25) is 54.4 Å². The van der Waals surface area contributed by atoms with Gasteiger partial charge in [0.1, 0.15) is 6.10 Å². The molecule has 0 saturated carbocycles. The van der Waals surface area contributed by atoms with Crippen molar-refractivity contribution in [1.29, 1.82) is 0 Å². The third kappa shape index (κ3) is 14.4. The summed E-state index contributed by atoms with van der Waals surface area (Å²) in [6.07, 6.45) is 12.6. The quantitative estimate of drug-likeness (QED) is 0.143. The Hall–Kier alpha value is -1.34. The molecule has 0 bridgehead atoms. The first-order valence-corrected chi connectivity index (χ1v) is 28.4. The maximum Gasteiger partial charge on any atom is 0.336 e. The molecule has 1 aliphatic rings. The second kappa shape index (κ2) is 19.0. The Morgan fingerprint density at radius 2 is 1.38 bits per heavy atom. The smallest absolute Gasteiger partial charge is 0.336 e. The fourth-order valence-electron chi connectivity index (χ4n) is 5.18. The van der Waals surface area contributed by atoms with Crippen LogP contribution >= 0.6 is 0 Å². The molecule has 0 fully saturated rings. The lowest BCUT2D eigenvalue weighted by Crippen LogP contribution is -2.47. The van der Waals surface area contributed by atoms with E-state index < -0.39 is 37.2 Å². The number of carbonyl (C=O) groups excluding carboxylic acids is 1. The third-order valence-electron chi connectivity index (χ3n) is 12.2. The fraction of sp³-hybridized carbons (Fsp3) is 0.744. The summed E-state index contributed by atoms with van der Waals surface area (Å²) in [4.78, 5) is 14.2. The lowest BCUT2D eigenvalue weighted by Gasteiger charge is -2.40. The monoisotopic (exact) mass is 777 g/mol. The van der Waals surface area contributed by atoms with Crippen LogP contribution in [0.25, 0.3) is 0 Å². The topological polar surface area (TPSA) is 74.2 Å². The Kier molecular flexibility index (Phi) is 17.8. The van der Waals surface area contributed by atoms with E-state index in [9.17, 15) is 9.90 Å². The maximum absolute atomic E-state index is 14.2. The van der Waals surface area contributed by atoms with Crippen molar-refractivity contribution in [2.45, 2.75) is 195 Å². The van der Waals surface area contributed by atoms with Crippen molar-refractivity contribution >= 4 is 30.9 Å². The number of cyclic esters (lactones) is 1. The first-order chi connectivity index (χ1) is 23.4. The molecule has 1 rings (SSSR count). The molecule has 0 aromatic carbocycles. The highest BCUT2D eigenvalue weighted by Gasteiger charge is 2.42. The third-order valence-corrected chi connectivity index (χ3v) is 25.7. The van der Waals surface area contributed by atoms with Crippen LogP contribution in [0.3, 0.4) is 0 Å². The van der Waals surface area contributed by atoms with Crippen LogP contribution in [0, 0.1) is 5.92 Å². The Balaban J connectivity index is 3.90. The van der Waals surface area contributed by atoms with Crippen LogP contribution in [0.15, 0.2) is 58.7 Å². The highest BCUT2D eigenvalue weighted by molar-refractivity contribution is 6.75. The summed E-state index contributed by atoms with van der Waals surface area (Å²) in [5.41, 5.74) is 3.52. The molecule has 9 heteroatoms. The molecule has 0 amide bonds. The van der Waals surface area contributed by atoms with E-state index in [0.717, 1.165) is 23.1 Å². The van der Waals surface area contributed by atoms with Gasteiger partial charge in [0.25, 0.3) is 0 Å². The van der Waals surface area contributed by atoms with E-state index >= 15 is 0 Å². The van der Waals surface area contributed by atoms with E-state index in [4.69, 9.17) is 18.0 Å². The Morgan fingerprint density at radius 3 is 1.88 bits per heavy atom. The van der Waals surface area contributed by atoms with Crippen molar-refractivity contribution in [3.63, 3.8) is 0 Å². The van der Waals surface area contributed by atoms with E-state index in [2.05, 4.69) is 140 Å². The highest BCUT2D eigenvalue weighted by Crippen LogP contribution is 2.40. The molecule has 1 unspecified atom stereocenters. The predicted molar refractivity (Wildman–Crippen MR) is 230 cm³/mol. The number of aliphatic hydroxyl groups is 1. The van der Waals surface area contributed by atoms with Crippen LogP contribution < -0.4 is 0 Å². The van der Waals surface area contributed by atoms with Gasteiger partial charge in [-0.1, -0.05) is 105 Å². The number of allylic oxidation sites excluding steroid dienone is 4. The molecule has 5 atom stereocenters. The molecular weight excluding hydrogens is 697 g/mol. The summed E-state index contributed by atoms with van der Waals surface area (Å²) < 4.78 is 26.8. The minimum absolute atomic E-state index is 0.00415. The highest BCUT2D eigenvalue weighted by atomic mass is 28.4. The minimum Gasteiger partial charge on any atom is -0.456 e. The Labute approximate surface area is 324 Å². The molecule has 0 radical (unpaired) electrons. The molecule has 0 saturated heterocycles. The molecule has 0 spiro atoms. The molecule has 0 aromatic heterocycles. The summed E-state index contributed by atoms with van der Waals surface area (Å²) in [7, 11) is -6.47. The summed E-state index contributed by atoms with van der Waals surface area (Å²) in [6, 6.07) is 0. The van der Waals surface area contributed by atoms with Gasteiger partial charge in [-0.2, -0.15) is 0 Å². The van der Waals surface area contributed by atoms with Crippen LogP contribution in [0.1, 0.15) is 116 Å². The van der Waals surface area contributed by atoms with Gasteiger partial charge >= 0.3 is 5.97 Å². The van der Waals surface area contributed by atoms with Crippen molar-refractivity contribution < 1.29 is 27.9 Å². The van der Waals surface area contributed by atoms with Crippen LogP contribution in [-0.2, 0) is 22.8 Å². The number of carbonyl (C=O) groups is 1. The largest absolute Gasteiger partial charge is 0.456 e. The van der Waals surface area contributed by atoms with Gasteiger partial charge in [-0.05, 0) is 112 Å². The number of aliphatic hydroxyl groups excluding tert-OH is 1. The lowest BCUT2D eigenvalue weighted by atomic mass is 9.90. The van der Waals surface area contributed by atoms with Gasteiger partial charge in [-0.3, -0.25) is 0 Å². The van der Waals surface area contributed by atoms with Crippen LogP contribution in [0.5, 0.6) is 0 Å². The average molecular weight is 777 g/mol. The average Bonchev–Trinajstić information content (AvgIpc) is 2.97. The number of ether oxygens (including phenoxy) is 1. The molecule has 52 heavy (non-hydrogen) atoms. The van der Waals surface area contributed by atoms with Crippen molar-refractivity contribution in [3.05, 3.63) is 58.7 Å². The summed E-state index contributed by atoms with van der Waals surface area (Å²) in [5.74, 6) is -0.438. The van der Waals surface area contributed by atoms with Gasteiger partial charge < -0.3 is 23.1 Å². The maximum atomic E-state index is 14.2. The van der Waals surface area contributed by atoms with Crippen LogP contribution in [0.4, 0.5) is 0 Å². The lowest BCUT2D eigenvalue weighted by molar-refractivity contribution is -0.149. The second-order valence-electron chi connectivity index (χ2n) is 19.8. The molecule has 300 valence electrons. The van der Waals surface area contributed by atoms with Gasteiger partial charge in [0.2, 0.25) is 0 Å². The number of hydrogen-bond donors (Lipinski definition) is 1. The van der Waals surface area contributed by atoms with Gasteiger partial charge in [0, 0.05) is 12.3 Å². The summed E-state index contributed by atoms with van der Waals surface area (Å²) >= 11 is 0. The van der Waals surface area contributed by atoms with E-state index in [1.165, 1.54) is 0 Å². The fourth-order valence-corrected chi connectivity index (χ4v) is 8.91. The molecule has 0 aromatic rings. The van der Waals surface area contributed by atoms with Crippen molar-refractivity contribution in [3.8, 4) is 0 Å². The molecule has 1 heterocycles. The first-order valence-electron chi connectivity index (χ1n) is 19.6. The zero-order chi connectivity index (χ0) is 40.7. The second-order valence-corrected chi connectivity index (χ2v) is 34.1. The summed E-state index contributed by atoms with van der Waals surface area (Å²) in [6.45, 7) is 44.0. The van der Waals surface area contributed by atoms with Gasteiger partial charge in [0.05, 0.1) is 30.5 Å². The number of hydrogen-bond acceptors (Lipinski definition) is 6. The van der Waals surface area contributed by atoms with E-state index in [1.807, 2.05) is 32.9 Å². The zero-order valence-corrected chi connectivity index (χ0v) is 40.2. The molecule has 6 nitrogen and oxygen atoms in total. The molecule has 1 N–H and O–H groups in total. The van der Waals surface area contributed by atoms with Crippen molar-refractivity contribution in [2.75, 3.05) is 6.61 Å². The molecular formula is C43H80O6Si3. The van der Waals surface area contributed by atoms with E-state index in [-0.39, 0.29) is 45.8 Å². The summed E-state index contributed by atoms with van der Waals surface area (Å²) in [5, 5.41) is 11.6. The normalized spacial score (nSPS) is 28.4. The molecule has 1 aliphatic heterocycles. The Bertz CT molecular complexity index is 1330. The SMILES string of the molecule is CCC1/C=C(/C)[C@@H](O[Si](C)(C)C(C)(C)C)C/C=C/C=C(/CO[Si](C)(C)C(C)(C)C)C(=O)O[C@H]([C@@H](C)O[Si](C)(C)C(C)(C)C)C/C=C(C)/C=C(\C)[C@@H]1O. The van der Waals surface area contributed by atoms with Crippen LogP contribution in [-0.4, -0.2) is 67.1 Å². The molecule has 0 aliphatic carbocycles. The number of rotatable bonds is 9. The van der Waals surface area contributed by atoms with E-state index in [0.29, 0.717) is 18.4 Å². The zero-order valence-electron chi connectivity index (χ0n) is 37.2. The van der Waals surface area contributed by atoms with E-state index in [1.54, 1.807) is 0 Å². The number of esters is 1. The van der Waals surface area contributed by atoms with Crippen molar-refractivity contribution in [1.82, 2.24) is 0 Å². The standard InChI is InChI=1S/C43H80O6Si3/c1-21-35-29-32(3)37(49-52(19,20)43(12,13)14)25-23-22-24-36(30-46-50(15,16)41(6,7)8)40(45)47-38(27-26-31(2)28-33(4)39(35)44)34(5)48-51(17,18)42(9,10)11/h22-24,26,28-29,34-35,37-39,44H,21,25,27,30H2,1-20H3/b23-22+,31-26+,32-29-,33-28+,36-24-/t34-,35?,37+,38+,39+/m1/s1. The Morgan fingerprint density at radius 1 is 0.846 bits per heavy atom.